The fourth-order valence-corrected chi connectivity index (χ4v) is 3.62. The van der Waals surface area contributed by atoms with Crippen molar-refractivity contribution in [3.63, 3.8) is 0 Å². The molecule has 2 fully saturated rings. The monoisotopic (exact) mass is 288 g/mol. The Morgan fingerprint density at radius 3 is 2.86 bits per heavy atom. The second kappa shape index (κ2) is 6.18. The van der Waals surface area contributed by atoms with Gasteiger partial charge < -0.3 is 9.47 Å². The van der Waals surface area contributed by atoms with E-state index in [0.717, 1.165) is 38.0 Å². The molecule has 3 rings (SSSR count). The lowest BCUT2D eigenvalue weighted by Gasteiger charge is -2.38. The summed E-state index contributed by atoms with van der Waals surface area (Å²) >= 11 is 0. The molecular weight excluding hydrogens is 264 g/mol. The van der Waals surface area contributed by atoms with Crippen LogP contribution in [-0.2, 0) is 4.74 Å². The molecule has 0 bridgehead atoms. The Hall–Kier alpha value is -1.35. The van der Waals surface area contributed by atoms with Gasteiger partial charge in [-0.25, -0.2) is 0 Å². The summed E-state index contributed by atoms with van der Waals surface area (Å²) in [5.41, 5.74) is 0.763. The lowest BCUT2D eigenvalue weighted by Crippen LogP contribution is -2.41. The van der Waals surface area contributed by atoms with E-state index in [0.29, 0.717) is 12.0 Å². The molecule has 21 heavy (non-hydrogen) atoms. The van der Waals surface area contributed by atoms with E-state index in [-0.39, 0.29) is 17.5 Å². The molecule has 3 heteroatoms. The van der Waals surface area contributed by atoms with E-state index in [2.05, 4.69) is 0 Å². The van der Waals surface area contributed by atoms with E-state index < -0.39 is 0 Å². The second-order valence-electron chi connectivity index (χ2n) is 6.24. The van der Waals surface area contributed by atoms with Gasteiger partial charge in [-0.3, -0.25) is 4.79 Å². The number of carbonyl (C=O) groups is 1. The van der Waals surface area contributed by atoms with Gasteiger partial charge in [-0.2, -0.15) is 0 Å². The van der Waals surface area contributed by atoms with Gasteiger partial charge in [-0.1, -0.05) is 31.9 Å². The smallest absolute Gasteiger partial charge is 0.166 e. The van der Waals surface area contributed by atoms with E-state index in [1.54, 1.807) is 0 Å². The van der Waals surface area contributed by atoms with Crippen molar-refractivity contribution in [2.45, 2.75) is 63.6 Å². The van der Waals surface area contributed by atoms with Gasteiger partial charge in [0.05, 0.1) is 17.8 Å². The topological polar surface area (TPSA) is 35.5 Å². The van der Waals surface area contributed by atoms with Crippen molar-refractivity contribution in [3.05, 3.63) is 29.8 Å². The van der Waals surface area contributed by atoms with Crippen molar-refractivity contribution >= 4 is 5.78 Å². The summed E-state index contributed by atoms with van der Waals surface area (Å²) in [5.74, 6) is 0.887. The highest BCUT2D eigenvalue weighted by atomic mass is 16.5. The van der Waals surface area contributed by atoms with E-state index in [1.165, 1.54) is 12.8 Å². The first-order valence-corrected chi connectivity index (χ1v) is 8.15. The van der Waals surface area contributed by atoms with E-state index in [1.807, 2.05) is 31.2 Å². The highest BCUT2D eigenvalue weighted by molar-refractivity contribution is 5.98. The van der Waals surface area contributed by atoms with Crippen molar-refractivity contribution in [1.82, 2.24) is 0 Å². The molecule has 1 unspecified atom stereocenters. The molecule has 1 spiro atoms. The lowest BCUT2D eigenvalue weighted by atomic mass is 9.90. The molecule has 1 aliphatic heterocycles. The van der Waals surface area contributed by atoms with Gasteiger partial charge in [0.2, 0.25) is 0 Å². The highest BCUT2D eigenvalue weighted by Gasteiger charge is 2.40. The van der Waals surface area contributed by atoms with E-state index in [9.17, 15) is 4.79 Å². The summed E-state index contributed by atoms with van der Waals surface area (Å²) < 4.78 is 12.2. The average Bonchev–Trinajstić information content (AvgIpc) is 2.95. The molecule has 3 nitrogen and oxygen atoms in total. The first-order chi connectivity index (χ1) is 10.2. The van der Waals surface area contributed by atoms with Gasteiger partial charge >= 0.3 is 0 Å². The van der Waals surface area contributed by atoms with Gasteiger partial charge in [0.25, 0.3) is 0 Å². The second-order valence-corrected chi connectivity index (χ2v) is 6.24. The van der Waals surface area contributed by atoms with E-state index in [4.69, 9.17) is 9.47 Å². The Kier molecular flexibility index (Phi) is 4.29. The minimum absolute atomic E-state index is 0.0482. The number of para-hydroxylation sites is 1. The van der Waals surface area contributed by atoms with Gasteiger partial charge in [-0.05, 0) is 25.0 Å². The largest absolute Gasteiger partial charge is 0.489 e. The number of ether oxygens (including phenoxy) is 2. The first-order valence-electron chi connectivity index (χ1n) is 8.15. The summed E-state index contributed by atoms with van der Waals surface area (Å²) in [4.78, 5) is 12.0. The zero-order valence-corrected chi connectivity index (χ0v) is 12.8. The van der Waals surface area contributed by atoms with Gasteiger partial charge in [0.1, 0.15) is 11.9 Å². The number of hydrogen-bond donors (Lipinski definition) is 0. The van der Waals surface area contributed by atoms with Crippen LogP contribution >= 0.6 is 0 Å². The zero-order valence-electron chi connectivity index (χ0n) is 12.8. The third-order valence-corrected chi connectivity index (χ3v) is 4.76. The molecule has 1 aromatic carbocycles. The number of hydrogen-bond acceptors (Lipinski definition) is 3. The van der Waals surface area contributed by atoms with Crippen LogP contribution in [0.2, 0.25) is 0 Å². The number of ketones is 1. The Morgan fingerprint density at radius 1 is 1.33 bits per heavy atom. The SMILES string of the molecule is CCC(=O)c1ccccc1OC1CCOC2(CCCC2)C1. The Labute approximate surface area is 126 Å². The lowest BCUT2D eigenvalue weighted by molar-refractivity contribution is -0.108. The highest BCUT2D eigenvalue weighted by Crippen LogP contribution is 2.41. The third-order valence-electron chi connectivity index (χ3n) is 4.76. The standard InChI is InChI=1S/C18H24O3/c1-2-16(19)15-7-3-4-8-17(15)21-14-9-12-20-18(13-14)10-5-6-11-18/h3-4,7-8,14H,2,5-6,9-13H2,1H3. The van der Waals surface area contributed by atoms with Crippen LogP contribution in [0.15, 0.2) is 24.3 Å². The molecular formula is C18H24O3. The number of carbonyl (C=O) groups excluding carboxylic acids is 1. The summed E-state index contributed by atoms with van der Waals surface area (Å²) in [7, 11) is 0. The summed E-state index contributed by atoms with van der Waals surface area (Å²) in [6.07, 6.45) is 7.39. The Balaban J connectivity index is 1.73. The maximum absolute atomic E-state index is 12.0. The third kappa shape index (κ3) is 3.13. The predicted octanol–water partition coefficient (Wildman–Crippen LogP) is 4.15. The molecule has 0 N–H and O–H groups in total. The molecule has 0 aromatic heterocycles. The van der Waals surface area contributed by atoms with Crippen molar-refractivity contribution in [1.29, 1.82) is 0 Å². The molecule has 2 aliphatic rings. The van der Waals surface area contributed by atoms with Crippen molar-refractivity contribution < 1.29 is 14.3 Å². The molecule has 0 amide bonds. The molecule has 1 atom stereocenters. The quantitative estimate of drug-likeness (QED) is 0.781. The van der Waals surface area contributed by atoms with Crippen LogP contribution in [0, 0.1) is 0 Å². The molecule has 1 saturated carbocycles. The van der Waals surface area contributed by atoms with Crippen LogP contribution in [0.4, 0.5) is 0 Å². The molecule has 114 valence electrons. The average molecular weight is 288 g/mol. The van der Waals surface area contributed by atoms with E-state index >= 15 is 0 Å². The molecule has 1 aromatic rings. The predicted molar refractivity (Wildman–Crippen MR) is 81.9 cm³/mol. The summed E-state index contributed by atoms with van der Waals surface area (Å²) in [6, 6.07) is 7.62. The van der Waals surface area contributed by atoms with Crippen LogP contribution in [0.3, 0.4) is 0 Å². The Morgan fingerprint density at radius 2 is 2.10 bits per heavy atom. The summed E-state index contributed by atoms with van der Waals surface area (Å²) in [6.45, 7) is 2.66. The number of benzene rings is 1. The van der Waals surface area contributed by atoms with Crippen molar-refractivity contribution in [2.75, 3.05) is 6.61 Å². The van der Waals surface area contributed by atoms with Gasteiger partial charge in [0, 0.05) is 19.3 Å². The molecule has 1 saturated heterocycles. The molecule has 0 radical (unpaired) electrons. The fourth-order valence-electron chi connectivity index (χ4n) is 3.62. The van der Waals surface area contributed by atoms with Crippen LogP contribution in [0.1, 0.15) is 62.2 Å². The van der Waals surface area contributed by atoms with Crippen molar-refractivity contribution in [3.8, 4) is 5.75 Å². The van der Waals surface area contributed by atoms with Crippen molar-refractivity contribution in [2.24, 2.45) is 0 Å². The number of Topliss-reactive ketones (excluding diaryl/α,β-unsaturated/α-hetero) is 1. The fraction of sp³-hybridized carbons (Fsp3) is 0.611. The minimum atomic E-state index is 0.0482. The zero-order chi connectivity index (χ0) is 14.7. The first kappa shape index (κ1) is 14.6. The van der Waals surface area contributed by atoms with Gasteiger partial charge in [-0.15, -0.1) is 0 Å². The molecule has 1 heterocycles. The Bertz CT molecular complexity index is 503. The van der Waals surface area contributed by atoms with Crippen LogP contribution < -0.4 is 4.74 Å². The van der Waals surface area contributed by atoms with Crippen LogP contribution in [0.5, 0.6) is 5.75 Å². The molecule has 1 aliphatic carbocycles. The number of rotatable bonds is 4. The van der Waals surface area contributed by atoms with Crippen LogP contribution in [-0.4, -0.2) is 24.1 Å². The maximum atomic E-state index is 12.0. The van der Waals surface area contributed by atoms with Crippen LogP contribution in [0.25, 0.3) is 0 Å². The maximum Gasteiger partial charge on any atom is 0.166 e. The minimum Gasteiger partial charge on any atom is -0.489 e. The normalized spacial score (nSPS) is 24.1. The summed E-state index contributed by atoms with van der Waals surface area (Å²) in [5, 5.41) is 0. The van der Waals surface area contributed by atoms with Gasteiger partial charge in [0.15, 0.2) is 5.78 Å².